The molecule has 1 aromatic rings. The molecular weight excluding hydrogens is 254 g/mol. The summed E-state index contributed by atoms with van der Waals surface area (Å²) < 4.78 is 5.66. The lowest BCUT2D eigenvalue weighted by Gasteiger charge is -2.39. The fourth-order valence-electron chi connectivity index (χ4n) is 3.11. The highest BCUT2D eigenvalue weighted by Crippen LogP contribution is 2.42. The number of rotatable bonds is 1. The molecule has 2 heterocycles. The number of ether oxygens (including phenoxy) is 1. The van der Waals surface area contributed by atoms with Crippen molar-refractivity contribution in [3.63, 3.8) is 0 Å². The Kier molecular flexibility index (Phi) is 3.08. The number of nitrogens with zero attached hydrogens (tertiary/aromatic N) is 1. The predicted molar refractivity (Wildman–Crippen MR) is 74.2 cm³/mol. The summed E-state index contributed by atoms with van der Waals surface area (Å²) in [6.45, 7) is 2.98. The monoisotopic (exact) mass is 271 g/mol. The maximum atomic E-state index is 12.0. The van der Waals surface area contributed by atoms with Gasteiger partial charge in [0.25, 0.3) is 0 Å². The van der Waals surface area contributed by atoms with Gasteiger partial charge in [0.1, 0.15) is 0 Å². The Hall–Kier alpha value is -2.10. The zero-order valence-electron chi connectivity index (χ0n) is 11.5. The zero-order chi connectivity index (χ0) is 14.2. The van der Waals surface area contributed by atoms with Gasteiger partial charge in [-0.15, -0.1) is 0 Å². The smallest absolute Gasteiger partial charge is 0.339 e. The number of hydrogen-bond donors (Lipinski definition) is 0. The Morgan fingerprint density at radius 2 is 2.20 bits per heavy atom. The van der Waals surface area contributed by atoms with Crippen LogP contribution in [0.15, 0.2) is 36.4 Å². The summed E-state index contributed by atoms with van der Waals surface area (Å²) >= 11 is 0. The van der Waals surface area contributed by atoms with Crippen molar-refractivity contribution < 1.29 is 14.3 Å². The van der Waals surface area contributed by atoms with E-state index in [1.807, 2.05) is 25.1 Å². The lowest BCUT2D eigenvalue weighted by Crippen LogP contribution is -2.48. The molecule has 104 valence electrons. The van der Waals surface area contributed by atoms with E-state index >= 15 is 0 Å². The fourth-order valence-corrected chi connectivity index (χ4v) is 3.11. The first kappa shape index (κ1) is 12.9. The van der Waals surface area contributed by atoms with Crippen molar-refractivity contribution in [3.8, 4) is 0 Å². The van der Waals surface area contributed by atoms with Gasteiger partial charge in [0.2, 0.25) is 5.91 Å². The van der Waals surface area contributed by atoms with E-state index in [9.17, 15) is 9.59 Å². The van der Waals surface area contributed by atoms with Gasteiger partial charge < -0.3 is 9.64 Å². The van der Waals surface area contributed by atoms with Crippen LogP contribution in [0.2, 0.25) is 0 Å². The number of piperidine rings is 1. The van der Waals surface area contributed by atoms with E-state index in [2.05, 4.69) is 0 Å². The lowest BCUT2D eigenvalue weighted by molar-refractivity contribution is -0.133. The predicted octanol–water partition coefficient (Wildman–Crippen LogP) is 2.25. The van der Waals surface area contributed by atoms with Crippen LogP contribution < -0.4 is 0 Å². The third-order valence-corrected chi connectivity index (χ3v) is 4.00. The van der Waals surface area contributed by atoms with Gasteiger partial charge in [0.05, 0.1) is 12.1 Å². The van der Waals surface area contributed by atoms with E-state index < -0.39 is 5.60 Å². The maximum Gasteiger partial charge on any atom is 0.339 e. The average molecular weight is 271 g/mol. The molecule has 2 aliphatic heterocycles. The molecule has 4 heteroatoms. The molecule has 4 nitrogen and oxygen atoms in total. The molecule has 0 aliphatic carbocycles. The van der Waals surface area contributed by atoms with Gasteiger partial charge in [-0.25, -0.2) is 4.79 Å². The summed E-state index contributed by atoms with van der Waals surface area (Å²) in [4.78, 5) is 25.8. The molecule has 1 unspecified atom stereocenters. The summed E-state index contributed by atoms with van der Waals surface area (Å²) in [7, 11) is 0. The molecule has 1 atom stereocenters. The SMILES string of the molecule is C/C=C/C(=O)N1CCCC2(C1)OC(=O)c1ccccc12. The van der Waals surface area contributed by atoms with Crippen molar-refractivity contribution in [2.45, 2.75) is 25.4 Å². The molecule has 0 N–H and O–H groups in total. The zero-order valence-corrected chi connectivity index (χ0v) is 11.5. The van der Waals surface area contributed by atoms with Crippen molar-refractivity contribution >= 4 is 11.9 Å². The molecule has 2 aliphatic rings. The minimum atomic E-state index is -0.650. The summed E-state index contributed by atoms with van der Waals surface area (Å²) in [6, 6.07) is 7.48. The van der Waals surface area contributed by atoms with E-state index in [0.29, 0.717) is 18.7 Å². The van der Waals surface area contributed by atoms with Gasteiger partial charge in [0, 0.05) is 12.1 Å². The first-order valence-corrected chi connectivity index (χ1v) is 6.91. The van der Waals surface area contributed by atoms with Crippen LogP contribution in [0.1, 0.15) is 35.7 Å². The Labute approximate surface area is 118 Å². The molecule has 1 amide bonds. The number of carbonyl (C=O) groups excluding carboxylic acids is 2. The largest absolute Gasteiger partial charge is 0.449 e. The van der Waals surface area contributed by atoms with Gasteiger partial charge in [-0.2, -0.15) is 0 Å². The van der Waals surface area contributed by atoms with Crippen molar-refractivity contribution in [2.24, 2.45) is 0 Å². The molecule has 1 aromatic carbocycles. The first-order valence-electron chi connectivity index (χ1n) is 6.91. The Bertz CT molecular complexity index is 593. The molecule has 1 fully saturated rings. The minimum absolute atomic E-state index is 0.0213. The molecule has 0 radical (unpaired) electrons. The van der Waals surface area contributed by atoms with Crippen LogP contribution >= 0.6 is 0 Å². The average Bonchev–Trinajstić information content (AvgIpc) is 2.73. The van der Waals surface area contributed by atoms with Gasteiger partial charge in [-0.05, 0) is 31.9 Å². The van der Waals surface area contributed by atoms with E-state index in [1.54, 1.807) is 23.1 Å². The third-order valence-electron chi connectivity index (χ3n) is 4.00. The van der Waals surface area contributed by atoms with Crippen molar-refractivity contribution in [1.29, 1.82) is 0 Å². The molecular formula is C16H17NO3. The standard InChI is InChI=1S/C16H17NO3/c1-2-6-14(18)17-10-5-9-16(11-17)13-8-4-3-7-12(13)15(19)20-16/h2-4,6-8H,5,9-11H2,1H3/b6-2+. The van der Waals surface area contributed by atoms with Gasteiger partial charge in [-0.1, -0.05) is 24.3 Å². The molecule has 0 aromatic heterocycles. The quantitative estimate of drug-likeness (QED) is 0.581. The Balaban J connectivity index is 1.94. The third kappa shape index (κ3) is 1.92. The van der Waals surface area contributed by atoms with Gasteiger partial charge in [-0.3, -0.25) is 4.79 Å². The summed E-state index contributed by atoms with van der Waals surface area (Å²) in [5, 5.41) is 0. The van der Waals surface area contributed by atoms with Crippen molar-refractivity contribution in [2.75, 3.05) is 13.1 Å². The van der Waals surface area contributed by atoms with Crippen LogP contribution in [0, 0.1) is 0 Å². The van der Waals surface area contributed by atoms with Crippen LogP contribution in [0.4, 0.5) is 0 Å². The van der Waals surface area contributed by atoms with Crippen LogP contribution in [0.3, 0.4) is 0 Å². The van der Waals surface area contributed by atoms with Crippen molar-refractivity contribution in [1.82, 2.24) is 4.90 Å². The molecule has 0 saturated carbocycles. The van der Waals surface area contributed by atoms with Crippen LogP contribution in [-0.2, 0) is 15.1 Å². The molecule has 20 heavy (non-hydrogen) atoms. The number of allylic oxidation sites excluding steroid dienone is 1. The summed E-state index contributed by atoms with van der Waals surface area (Å²) in [5.74, 6) is -0.298. The maximum absolute atomic E-state index is 12.0. The van der Waals surface area contributed by atoms with E-state index in [0.717, 1.165) is 18.4 Å². The minimum Gasteiger partial charge on any atom is -0.449 e. The topological polar surface area (TPSA) is 46.6 Å². The van der Waals surface area contributed by atoms with Gasteiger partial charge in [0.15, 0.2) is 5.60 Å². The first-order chi connectivity index (χ1) is 9.66. The number of amides is 1. The summed E-state index contributed by atoms with van der Waals surface area (Å²) in [5.41, 5.74) is 0.902. The van der Waals surface area contributed by atoms with E-state index in [4.69, 9.17) is 4.74 Å². The van der Waals surface area contributed by atoms with E-state index in [1.165, 1.54) is 0 Å². The fraction of sp³-hybridized carbons (Fsp3) is 0.375. The van der Waals surface area contributed by atoms with Gasteiger partial charge >= 0.3 is 5.97 Å². The van der Waals surface area contributed by atoms with Crippen LogP contribution in [0.5, 0.6) is 0 Å². The second kappa shape index (κ2) is 4.78. The number of hydrogen-bond acceptors (Lipinski definition) is 3. The van der Waals surface area contributed by atoms with Crippen LogP contribution in [0.25, 0.3) is 0 Å². The van der Waals surface area contributed by atoms with Crippen molar-refractivity contribution in [3.05, 3.63) is 47.5 Å². The number of benzene rings is 1. The molecule has 1 saturated heterocycles. The number of esters is 1. The van der Waals surface area contributed by atoms with E-state index in [-0.39, 0.29) is 11.9 Å². The number of fused-ring (bicyclic) bond motifs is 2. The highest BCUT2D eigenvalue weighted by Gasteiger charge is 2.48. The molecule has 0 bridgehead atoms. The number of likely N-dealkylation sites (tertiary alicyclic amines) is 1. The summed E-state index contributed by atoms with van der Waals surface area (Å²) in [6.07, 6.45) is 4.90. The highest BCUT2D eigenvalue weighted by molar-refractivity contribution is 5.95. The Morgan fingerprint density at radius 1 is 1.40 bits per heavy atom. The molecule has 1 spiro atoms. The van der Waals surface area contributed by atoms with Crippen LogP contribution in [-0.4, -0.2) is 29.9 Å². The lowest BCUT2D eigenvalue weighted by atomic mass is 9.85. The molecule has 3 rings (SSSR count). The second-order valence-corrected chi connectivity index (χ2v) is 5.29. The Morgan fingerprint density at radius 3 is 3.00 bits per heavy atom. The second-order valence-electron chi connectivity index (χ2n) is 5.29. The normalized spacial score (nSPS) is 25.1. The number of carbonyl (C=O) groups is 2. The highest BCUT2D eigenvalue weighted by atomic mass is 16.6.